The zero-order valence-corrected chi connectivity index (χ0v) is 12.8. The number of halogens is 3. The van der Waals surface area contributed by atoms with Crippen LogP contribution in [0.1, 0.15) is 10.4 Å². The third-order valence-electron chi connectivity index (χ3n) is 3.38. The van der Waals surface area contributed by atoms with E-state index in [-0.39, 0.29) is 11.6 Å². The van der Waals surface area contributed by atoms with Gasteiger partial charge in [-0.1, -0.05) is 0 Å². The minimum Gasteiger partial charge on any atom is -0.353 e. The number of nitrogens with zero attached hydrogens (tertiary/aromatic N) is 1. The van der Waals surface area contributed by atoms with Crippen molar-refractivity contribution in [3.8, 4) is 0 Å². The molecule has 0 aliphatic rings. The number of amides is 1. The van der Waals surface area contributed by atoms with Crippen LogP contribution in [0, 0.1) is 17.5 Å². The third-order valence-corrected chi connectivity index (χ3v) is 3.38. The van der Waals surface area contributed by atoms with Crippen molar-refractivity contribution in [2.24, 2.45) is 0 Å². The molecule has 1 aromatic heterocycles. The lowest BCUT2D eigenvalue weighted by Gasteiger charge is -2.10. The average Bonchev–Trinajstić information content (AvgIpc) is 2.64. The predicted octanol–water partition coefficient (Wildman–Crippen LogP) is 4.49. The zero-order valence-electron chi connectivity index (χ0n) is 12.8. The standard InChI is InChI=1S/C18H12F3N3O/c19-14-7-8-15(17(21)16(14)20)23-12-3-5-13(6-4-12)24-18(25)11-2-1-9-22-10-11/h1-10,23H,(H,24,25). The van der Waals surface area contributed by atoms with Crippen molar-refractivity contribution in [3.05, 3.63) is 83.9 Å². The molecule has 126 valence electrons. The Morgan fingerprint density at radius 1 is 0.880 bits per heavy atom. The number of pyridine rings is 1. The largest absolute Gasteiger partial charge is 0.353 e. The van der Waals surface area contributed by atoms with Gasteiger partial charge >= 0.3 is 0 Å². The lowest BCUT2D eigenvalue weighted by Crippen LogP contribution is -2.11. The smallest absolute Gasteiger partial charge is 0.257 e. The summed E-state index contributed by atoms with van der Waals surface area (Å²) in [5, 5.41) is 5.33. The number of aromatic nitrogens is 1. The van der Waals surface area contributed by atoms with Crippen LogP contribution in [-0.2, 0) is 0 Å². The molecule has 0 aliphatic heterocycles. The number of nitrogens with one attached hydrogen (secondary N) is 2. The molecule has 0 unspecified atom stereocenters. The summed E-state index contributed by atoms with van der Waals surface area (Å²) in [6.45, 7) is 0. The quantitative estimate of drug-likeness (QED) is 0.686. The maximum absolute atomic E-state index is 13.6. The van der Waals surface area contributed by atoms with E-state index in [2.05, 4.69) is 15.6 Å². The lowest BCUT2D eigenvalue weighted by molar-refractivity contribution is 0.102. The molecule has 0 bridgehead atoms. The van der Waals surface area contributed by atoms with Crippen molar-refractivity contribution in [1.29, 1.82) is 0 Å². The molecule has 2 N–H and O–H groups in total. The molecular formula is C18H12F3N3O. The van der Waals surface area contributed by atoms with Gasteiger partial charge in [0.25, 0.3) is 5.91 Å². The number of carbonyl (C=O) groups is 1. The van der Waals surface area contributed by atoms with Gasteiger partial charge in [0.15, 0.2) is 17.5 Å². The van der Waals surface area contributed by atoms with E-state index in [0.29, 0.717) is 16.9 Å². The minimum absolute atomic E-state index is 0.189. The van der Waals surface area contributed by atoms with Gasteiger partial charge in [0, 0.05) is 23.8 Å². The monoisotopic (exact) mass is 343 g/mol. The van der Waals surface area contributed by atoms with E-state index in [1.165, 1.54) is 6.20 Å². The fraction of sp³-hybridized carbons (Fsp3) is 0. The molecule has 0 radical (unpaired) electrons. The van der Waals surface area contributed by atoms with E-state index in [4.69, 9.17) is 0 Å². The summed E-state index contributed by atoms with van der Waals surface area (Å²) in [5.74, 6) is -4.41. The molecular weight excluding hydrogens is 331 g/mol. The molecule has 7 heteroatoms. The highest BCUT2D eigenvalue weighted by atomic mass is 19.2. The molecule has 0 saturated carbocycles. The lowest BCUT2D eigenvalue weighted by atomic mass is 10.2. The van der Waals surface area contributed by atoms with Gasteiger partial charge in [-0.25, -0.2) is 13.2 Å². The first-order valence-corrected chi connectivity index (χ1v) is 7.26. The topological polar surface area (TPSA) is 54.0 Å². The fourth-order valence-corrected chi connectivity index (χ4v) is 2.12. The molecule has 0 atom stereocenters. The summed E-state index contributed by atoms with van der Waals surface area (Å²) in [5.41, 5.74) is 1.19. The van der Waals surface area contributed by atoms with Crippen molar-refractivity contribution in [2.75, 3.05) is 10.6 Å². The molecule has 4 nitrogen and oxygen atoms in total. The normalized spacial score (nSPS) is 10.4. The van der Waals surface area contributed by atoms with Crippen LogP contribution in [0.3, 0.4) is 0 Å². The van der Waals surface area contributed by atoms with Crippen molar-refractivity contribution in [3.63, 3.8) is 0 Å². The highest BCUT2D eigenvalue weighted by Crippen LogP contribution is 2.24. The predicted molar refractivity (Wildman–Crippen MR) is 88.2 cm³/mol. The van der Waals surface area contributed by atoms with Crippen LogP contribution in [0.5, 0.6) is 0 Å². The van der Waals surface area contributed by atoms with Crippen LogP contribution in [-0.4, -0.2) is 10.9 Å². The van der Waals surface area contributed by atoms with Crippen molar-refractivity contribution in [2.45, 2.75) is 0 Å². The highest BCUT2D eigenvalue weighted by molar-refractivity contribution is 6.04. The van der Waals surface area contributed by atoms with E-state index in [0.717, 1.165) is 12.1 Å². The Hall–Kier alpha value is -3.35. The number of hydrogen-bond donors (Lipinski definition) is 2. The summed E-state index contributed by atoms with van der Waals surface area (Å²) >= 11 is 0. The van der Waals surface area contributed by atoms with Crippen LogP contribution in [0.25, 0.3) is 0 Å². The van der Waals surface area contributed by atoms with Gasteiger partial charge in [-0.05, 0) is 48.5 Å². The average molecular weight is 343 g/mol. The SMILES string of the molecule is O=C(Nc1ccc(Nc2ccc(F)c(F)c2F)cc1)c1cccnc1. The Bertz CT molecular complexity index is 899. The van der Waals surface area contributed by atoms with E-state index in [9.17, 15) is 18.0 Å². The van der Waals surface area contributed by atoms with Crippen LogP contribution < -0.4 is 10.6 Å². The molecule has 0 saturated heterocycles. The summed E-state index contributed by atoms with van der Waals surface area (Å²) < 4.78 is 39.8. The molecule has 1 amide bonds. The van der Waals surface area contributed by atoms with Gasteiger partial charge in [-0.15, -0.1) is 0 Å². The van der Waals surface area contributed by atoms with E-state index >= 15 is 0 Å². The first-order chi connectivity index (χ1) is 12.0. The van der Waals surface area contributed by atoms with Crippen molar-refractivity contribution < 1.29 is 18.0 Å². The Labute approximate surface area is 141 Å². The second-order valence-corrected chi connectivity index (χ2v) is 5.12. The number of anilines is 3. The second-order valence-electron chi connectivity index (χ2n) is 5.12. The number of rotatable bonds is 4. The number of carbonyl (C=O) groups excluding carboxylic acids is 1. The summed E-state index contributed by atoms with van der Waals surface area (Å²) in [6, 6.07) is 11.5. The van der Waals surface area contributed by atoms with Gasteiger partial charge < -0.3 is 10.6 Å². The van der Waals surface area contributed by atoms with Gasteiger partial charge in [0.1, 0.15) is 0 Å². The Balaban J connectivity index is 1.71. The third kappa shape index (κ3) is 3.77. The Morgan fingerprint density at radius 3 is 2.28 bits per heavy atom. The van der Waals surface area contributed by atoms with E-state index < -0.39 is 17.5 Å². The summed E-state index contributed by atoms with van der Waals surface area (Å²) in [7, 11) is 0. The van der Waals surface area contributed by atoms with Gasteiger partial charge in [-0.3, -0.25) is 9.78 Å². The Kier molecular flexibility index (Phi) is 4.65. The fourth-order valence-electron chi connectivity index (χ4n) is 2.12. The molecule has 2 aromatic carbocycles. The van der Waals surface area contributed by atoms with Crippen LogP contribution >= 0.6 is 0 Å². The van der Waals surface area contributed by atoms with Gasteiger partial charge in [0.2, 0.25) is 0 Å². The van der Waals surface area contributed by atoms with Gasteiger partial charge in [-0.2, -0.15) is 0 Å². The highest BCUT2D eigenvalue weighted by Gasteiger charge is 2.13. The van der Waals surface area contributed by atoms with Crippen LogP contribution in [0.15, 0.2) is 60.9 Å². The maximum Gasteiger partial charge on any atom is 0.257 e. The second kappa shape index (κ2) is 7.04. The first kappa shape index (κ1) is 16.5. The maximum atomic E-state index is 13.6. The molecule has 25 heavy (non-hydrogen) atoms. The Morgan fingerprint density at radius 2 is 1.60 bits per heavy atom. The first-order valence-electron chi connectivity index (χ1n) is 7.26. The molecule has 1 heterocycles. The molecule has 0 fully saturated rings. The van der Waals surface area contributed by atoms with Crippen molar-refractivity contribution >= 4 is 23.0 Å². The zero-order chi connectivity index (χ0) is 17.8. The molecule has 3 aromatic rings. The van der Waals surface area contributed by atoms with Crippen molar-refractivity contribution in [1.82, 2.24) is 4.98 Å². The number of benzene rings is 2. The van der Waals surface area contributed by atoms with E-state index in [1.54, 1.807) is 42.6 Å². The minimum atomic E-state index is -1.54. The number of hydrogen-bond acceptors (Lipinski definition) is 3. The van der Waals surface area contributed by atoms with Crippen LogP contribution in [0.2, 0.25) is 0 Å². The van der Waals surface area contributed by atoms with E-state index in [1.807, 2.05) is 0 Å². The molecule has 0 aliphatic carbocycles. The van der Waals surface area contributed by atoms with Gasteiger partial charge in [0.05, 0.1) is 11.3 Å². The summed E-state index contributed by atoms with van der Waals surface area (Å²) in [6.07, 6.45) is 3.01. The van der Waals surface area contributed by atoms with Crippen LogP contribution in [0.4, 0.5) is 30.2 Å². The summed E-state index contributed by atoms with van der Waals surface area (Å²) in [4.78, 5) is 15.9. The molecule has 3 rings (SSSR count). The molecule has 0 spiro atoms.